The summed E-state index contributed by atoms with van der Waals surface area (Å²) in [4.78, 5) is 4.66. The van der Waals surface area contributed by atoms with E-state index in [1.165, 1.54) is 36.9 Å². The Morgan fingerprint density at radius 1 is 1.44 bits per heavy atom. The Morgan fingerprint density at radius 2 is 2.39 bits per heavy atom. The highest BCUT2D eigenvalue weighted by Crippen LogP contribution is 2.36. The zero-order valence-corrected chi connectivity index (χ0v) is 11.1. The van der Waals surface area contributed by atoms with Crippen molar-refractivity contribution in [3.63, 3.8) is 0 Å². The maximum Gasteiger partial charge on any atom is 0.0510 e. The van der Waals surface area contributed by atoms with Crippen LogP contribution < -0.4 is 5.32 Å². The molecule has 2 heterocycles. The number of hydrogen-bond donors (Lipinski definition) is 1. The van der Waals surface area contributed by atoms with E-state index in [2.05, 4.69) is 29.5 Å². The van der Waals surface area contributed by atoms with Crippen molar-refractivity contribution in [1.82, 2.24) is 10.3 Å². The summed E-state index contributed by atoms with van der Waals surface area (Å²) in [5, 5.41) is 3.53. The van der Waals surface area contributed by atoms with Crippen molar-refractivity contribution >= 4 is 0 Å². The maximum atomic E-state index is 5.56. The van der Waals surface area contributed by atoms with Gasteiger partial charge in [0.2, 0.25) is 0 Å². The quantitative estimate of drug-likeness (QED) is 0.887. The predicted octanol–water partition coefficient (Wildman–Crippen LogP) is 2.13. The molecule has 2 aliphatic rings. The molecule has 1 N–H and O–H groups in total. The highest BCUT2D eigenvalue weighted by molar-refractivity contribution is 5.27. The molecule has 0 amide bonds. The number of aromatic nitrogens is 1. The van der Waals surface area contributed by atoms with E-state index in [9.17, 15) is 0 Å². The van der Waals surface area contributed by atoms with Gasteiger partial charge in [0.15, 0.2) is 0 Å². The number of fused-ring (bicyclic) bond motifs is 1. The van der Waals surface area contributed by atoms with Gasteiger partial charge in [-0.25, -0.2) is 0 Å². The number of hydrogen-bond acceptors (Lipinski definition) is 3. The third kappa shape index (κ3) is 2.17. The highest BCUT2D eigenvalue weighted by Gasteiger charge is 2.34. The minimum absolute atomic E-state index is 0.515. The number of nitrogens with one attached hydrogen (secondary N) is 1. The Morgan fingerprint density at radius 3 is 3.17 bits per heavy atom. The molecule has 3 atom stereocenters. The Labute approximate surface area is 109 Å². The summed E-state index contributed by atoms with van der Waals surface area (Å²) < 4.78 is 5.56. The standard InChI is InChI=1S/C15H22N2O/c1-16-14(12-7-9-18-10-12)13-6-2-4-11-5-3-8-17-15(11)13/h3,5,8,12-14,16H,2,4,6-7,9-10H2,1H3. The molecular weight excluding hydrogens is 224 g/mol. The lowest BCUT2D eigenvalue weighted by atomic mass is 9.77. The first-order chi connectivity index (χ1) is 8.90. The highest BCUT2D eigenvalue weighted by atomic mass is 16.5. The fourth-order valence-electron chi connectivity index (χ4n) is 3.60. The molecule has 3 unspecified atom stereocenters. The molecule has 18 heavy (non-hydrogen) atoms. The van der Waals surface area contributed by atoms with Gasteiger partial charge in [0.05, 0.1) is 6.61 Å². The second-order valence-electron chi connectivity index (χ2n) is 5.48. The molecule has 3 nitrogen and oxygen atoms in total. The van der Waals surface area contributed by atoms with Crippen LogP contribution in [-0.2, 0) is 11.2 Å². The van der Waals surface area contributed by atoms with Gasteiger partial charge in [-0.2, -0.15) is 0 Å². The molecule has 3 heteroatoms. The van der Waals surface area contributed by atoms with Gasteiger partial charge in [0.1, 0.15) is 0 Å². The Kier molecular flexibility index (Phi) is 3.62. The van der Waals surface area contributed by atoms with Crippen molar-refractivity contribution in [3.8, 4) is 0 Å². The topological polar surface area (TPSA) is 34.1 Å². The first kappa shape index (κ1) is 12.1. The van der Waals surface area contributed by atoms with E-state index in [0.717, 1.165) is 13.2 Å². The SMILES string of the molecule is CNC(C1CCOC1)C1CCCc2cccnc21. The lowest BCUT2D eigenvalue weighted by Gasteiger charge is -2.34. The Hall–Kier alpha value is -0.930. The van der Waals surface area contributed by atoms with Crippen LogP contribution in [0.5, 0.6) is 0 Å². The van der Waals surface area contributed by atoms with Crippen LogP contribution in [-0.4, -0.2) is 31.3 Å². The monoisotopic (exact) mass is 246 g/mol. The fourth-order valence-corrected chi connectivity index (χ4v) is 3.60. The van der Waals surface area contributed by atoms with Gasteiger partial charge in [-0.1, -0.05) is 6.07 Å². The third-order valence-electron chi connectivity index (χ3n) is 4.48. The first-order valence-corrected chi connectivity index (χ1v) is 7.09. The molecule has 1 aromatic heterocycles. The van der Waals surface area contributed by atoms with E-state index in [1.807, 2.05) is 6.20 Å². The van der Waals surface area contributed by atoms with Gasteiger partial charge >= 0.3 is 0 Å². The smallest absolute Gasteiger partial charge is 0.0510 e. The number of ether oxygens (including phenoxy) is 1. The molecule has 1 saturated heterocycles. The maximum absolute atomic E-state index is 5.56. The van der Waals surface area contributed by atoms with Crippen molar-refractivity contribution in [2.75, 3.05) is 20.3 Å². The van der Waals surface area contributed by atoms with Gasteiger partial charge in [-0.05, 0) is 44.4 Å². The summed E-state index contributed by atoms with van der Waals surface area (Å²) in [5.74, 6) is 1.21. The zero-order chi connectivity index (χ0) is 12.4. The number of nitrogens with zero attached hydrogens (tertiary/aromatic N) is 1. The lowest BCUT2D eigenvalue weighted by molar-refractivity contribution is 0.171. The molecule has 0 bridgehead atoms. The molecule has 0 radical (unpaired) electrons. The molecule has 3 rings (SSSR count). The molecule has 1 aliphatic heterocycles. The van der Waals surface area contributed by atoms with Crippen LogP contribution in [0, 0.1) is 5.92 Å². The van der Waals surface area contributed by atoms with E-state index in [1.54, 1.807) is 0 Å². The zero-order valence-electron chi connectivity index (χ0n) is 11.1. The van der Waals surface area contributed by atoms with Crippen LogP contribution in [0.3, 0.4) is 0 Å². The lowest BCUT2D eigenvalue weighted by Crippen LogP contribution is -2.41. The van der Waals surface area contributed by atoms with Crippen LogP contribution in [0.15, 0.2) is 18.3 Å². The van der Waals surface area contributed by atoms with Gasteiger partial charge in [0.25, 0.3) is 0 Å². The number of rotatable bonds is 3. The summed E-state index contributed by atoms with van der Waals surface area (Å²) >= 11 is 0. The van der Waals surface area contributed by atoms with Crippen LogP contribution in [0.1, 0.15) is 36.4 Å². The van der Waals surface area contributed by atoms with E-state index < -0.39 is 0 Å². The average Bonchev–Trinajstić information content (AvgIpc) is 2.94. The van der Waals surface area contributed by atoms with Gasteiger partial charge in [-0.15, -0.1) is 0 Å². The van der Waals surface area contributed by atoms with Crippen LogP contribution in [0.2, 0.25) is 0 Å². The largest absolute Gasteiger partial charge is 0.381 e. The van der Waals surface area contributed by atoms with E-state index >= 15 is 0 Å². The van der Waals surface area contributed by atoms with Crippen molar-refractivity contribution in [2.45, 2.75) is 37.6 Å². The van der Waals surface area contributed by atoms with Gasteiger partial charge < -0.3 is 10.1 Å². The van der Waals surface area contributed by atoms with E-state index in [0.29, 0.717) is 17.9 Å². The summed E-state index contributed by atoms with van der Waals surface area (Å²) in [6, 6.07) is 4.82. The second kappa shape index (κ2) is 5.37. The fraction of sp³-hybridized carbons (Fsp3) is 0.667. The first-order valence-electron chi connectivity index (χ1n) is 7.09. The Balaban J connectivity index is 1.87. The molecule has 1 aromatic rings. The molecule has 1 fully saturated rings. The summed E-state index contributed by atoms with van der Waals surface area (Å²) in [6.07, 6.45) is 6.86. The molecule has 0 saturated carbocycles. The van der Waals surface area contributed by atoms with E-state index in [-0.39, 0.29) is 0 Å². The minimum Gasteiger partial charge on any atom is -0.381 e. The number of likely N-dealkylation sites (N-methyl/N-ethyl adjacent to an activating group) is 1. The third-order valence-corrected chi connectivity index (χ3v) is 4.48. The van der Waals surface area contributed by atoms with Gasteiger partial charge in [0, 0.05) is 36.4 Å². The predicted molar refractivity (Wildman–Crippen MR) is 71.7 cm³/mol. The van der Waals surface area contributed by atoms with Crippen molar-refractivity contribution in [2.24, 2.45) is 5.92 Å². The van der Waals surface area contributed by atoms with Gasteiger partial charge in [-0.3, -0.25) is 4.98 Å². The molecule has 98 valence electrons. The molecule has 0 spiro atoms. The Bertz CT molecular complexity index is 401. The minimum atomic E-state index is 0.515. The normalized spacial score (nSPS) is 28.9. The van der Waals surface area contributed by atoms with Crippen molar-refractivity contribution in [3.05, 3.63) is 29.6 Å². The summed E-state index contributed by atoms with van der Waals surface area (Å²) in [5.41, 5.74) is 2.78. The average molecular weight is 246 g/mol. The van der Waals surface area contributed by atoms with Crippen molar-refractivity contribution in [1.29, 1.82) is 0 Å². The summed E-state index contributed by atoms with van der Waals surface area (Å²) in [7, 11) is 2.08. The van der Waals surface area contributed by atoms with Crippen LogP contribution in [0.4, 0.5) is 0 Å². The molecule has 1 aliphatic carbocycles. The van der Waals surface area contributed by atoms with E-state index in [4.69, 9.17) is 4.74 Å². The molecule has 0 aromatic carbocycles. The summed E-state index contributed by atoms with van der Waals surface area (Å²) in [6.45, 7) is 1.83. The number of aryl methyl sites for hydroxylation is 1. The molecular formula is C15H22N2O. The number of pyridine rings is 1. The van der Waals surface area contributed by atoms with Crippen molar-refractivity contribution < 1.29 is 4.74 Å². The van der Waals surface area contributed by atoms with Crippen LogP contribution in [0.25, 0.3) is 0 Å². The van der Waals surface area contributed by atoms with Crippen LogP contribution >= 0.6 is 0 Å². The second-order valence-corrected chi connectivity index (χ2v) is 5.48.